The maximum atomic E-state index is 12.9. The summed E-state index contributed by atoms with van der Waals surface area (Å²) < 4.78 is 43.8. The molecule has 0 saturated heterocycles. The Kier molecular flexibility index (Phi) is 4.61. The van der Waals surface area contributed by atoms with E-state index in [4.69, 9.17) is 16.3 Å². The van der Waals surface area contributed by atoms with Gasteiger partial charge in [-0.05, 0) is 24.3 Å². The van der Waals surface area contributed by atoms with Gasteiger partial charge in [-0.25, -0.2) is 4.79 Å². The van der Waals surface area contributed by atoms with E-state index >= 15 is 0 Å². The number of carboxylic acids is 1. The predicted octanol–water partition coefficient (Wildman–Crippen LogP) is 4.56. The SMILES string of the molecule is O=C(O)C(Oc1ccccc1C(F)(F)F)c1ccc(Cl)cc1. The van der Waals surface area contributed by atoms with Crippen molar-refractivity contribution in [3.8, 4) is 5.75 Å². The van der Waals surface area contributed by atoms with Crippen LogP contribution >= 0.6 is 11.6 Å². The molecule has 7 heteroatoms. The van der Waals surface area contributed by atoms with Crippen LogP contribution < -0.4 is 4.74 Å². The van der Waals surface area contributed by atoms with E-state index in [1.54, 1.807) is 0 Å². The summed E-state index contributed by atoms with van der Waals surface area (Å²) in [5.41, 5.74) is -0.843. The van der Waals surface area contributed by atoms with Crippen molar-refractivity contribution < 1.29 is 27.8 Å². The fourth-order valence-corrected chi connectivity index (χ4v) is 1.96. The van der Waals surface area contributed by atoms with Crippen molar-refractivity contribution in [3.63, 3.8) is 0 Å². The van der Waals surface area contributed by atoms with Gasteiger partial charge >= 0.3 is 12.1 Å². The molecule has 0 amide bonds. The molecule has 0 fully saturated rings. The van der Waals surface area contributed by atoms with Gasteiger partial charge in [0.1, 0.15) is 5.75 Å². The Morgan fingerprint density at radius 3 is 2.23 bits per heavy atom. The Bertz CT molecular complexity index is 668. The van der Waals surface area contributed by atoms with E-state index in [1.807, 2.05) is 0 Å². The first-order valence-corrected chi connectivity index (χ1v) is 6.48. The summed E-state index contributed by atoms with van der Waals surface area (Å²) in [6.07, 6.45) is -6.21. The highest BCUT2D eigenvalue weighted by Crippen LogP contribution is 2.37. The Hall–Kier alpha value is -2.21. The van der Waals surface area contributed by atoms with Crippen molar-refractivity contribution >= 4 is 17.6 Å². The molecule has 1 N–H and O–H groups in total. The Labute approximate surface area is 128 Å². The zero-order valence-electron chi connectivity index (χ0n) is 11.0. The smallest absolute Gasteiger partial charge is 0.419 e. The predicted molar refractivity (Wildman–Crippen MR) is 73.9 cm³/mol. The van der Waals surface area contributed by atoms with Crippen LogP contribution in [0.15, 0.2) is 48.5 Å². The molecular weight excluding hydrogens is 321 g/mol. The Morgan fingerprint density at radius 2 is 1.68 bits per heavy atom. The largest absolute Gasteiger partial charge is 0.478 e. The number of rotatable bonds is 4. The van der Waals surface area contributed by atoms with Crippen molar-refractivity contribution in [2.45, 2.75) is 12.3 Å². The molecule has 3 nitrogen and oxygen atoms in total. The van der Waals surface area contributed by atoms with Gasteiger partial charge in [-0.1, -0.05) is 35.9 Å². The molecule has 0 radical (unpaired) electrons. The molecule has 1 atom stereocenters. The molecule has 1 unspecified atom stereocenters. The highest BCUT2D eigenvalue weighted by molar-refractivity contribution is 6.30. The van der Waals surface area contributed by atoms with Gasteiger partial charge in [0.2, 0.25) is 6.10 Å². The summed E-state index contributed by atoms with van der Waals surface area (Å²) in [5, 5.41) is 9.59. The van der Waals surface area contributed by atoms with Gasteiger partial charge in [0.25, 0.3) is 0 Å². The summed E-state index contributed by atoms with van der Waals surface area (Å²) >= 11 is 5.70. The second-order valence-electron chi connectivity index (χ2n) is 4.38. The summed E-state index contributed by atoms with van der Waals surface area (Å²) in [6, 6.07) is 10.1. The third kappa shape index (κ3) is 3.71. The van der Waals surface area contributed by atoms with Crippen LogP contribution in [-0.4, -0.2) is 11.1 Å². The molecular formula is C15H10ClF3O3. The third-order valence-electron chi connectivity index (χ3n) is 2.83. The van der Waals surface area contributed by atoms with Crippen LogP contribution in [0.25, 0.3) is 0 Å². The second-order valence-corrected chi connectivity index (χ2v) is 4.82. The highest BCUT2D eigenvalue weighted by atomic mass is 35.5. The molecule has 0 aliphatic heterocycles. The van der Waals surface area contributed by atoms with Gasteiger partial charge in [0.15, 0.2) is 0 Å². The van der Waals surface area contributed by atoms with E-state index in [0.717, 1.165) is 12.1 Å². The number of benzene rings is 2. The average molecular weight is 331 g/mol. The van der Waals surface area contributed by atoms with Crippen LogP contribution in [0, 0.1) is 0 Å². The molecule has 2 aromatic rings. The van der Waals surface area contributed by atoms with Crippen molar-refractivity contribution in [1.29, 1.82) is 0 Å². The number of hydrogen-bond donors (Lipinski definition) is 1. The first kappa shape index (κ1) is 16.2. The standard InChI is InChI=1S/C15H10ClF3O3/c16-10-7-5-9(6-8-10)13(14(20)21)22-12-4-2-1-3-11(12)15(17,18)19/h1-8,13H,(H,20,21). The summed E-state index contributed by atoms with van der Waals surface area (Å²) in [6.45, 7) is 0. The minimum Gasteiger partial charge on any atom is -0.478 e. The lowest BCUT2D eigenvalue weighted by Crippen LogP contribution is -2.20. The summed E-state index contributed by atoms with van der Waals surface area (Å²) in [7, 11) is 0. The van der Waals surface area contributed by atoms with Gasteiger partial charge in [-0.15, -0.1) is 0 Å². The number of halogens is 4. The number of alkyl halides is 3. The lowest BCUT2D eigenvalue weighted by atomic mass is 10.1. The van der Waals surface area contributed by atoms with E-state index in [9.17, 15) is 23.1 Å². The van der Waals surface area contributed by atoms with Crippen molar-refractivity contribution in [2.24, 2.45) is 0 Å². The molecule has 0 aromatic heterocycles. The van der Waals surface area contributed by atoms with Crippen molar-refractivity contribution in [3.05, 3.63) is 64.7 Å². The normalized spacial score (nSPS) is 12.7. The van der Waals surface area contributed by atoms with Gasteiger partial charge in [-0.2, -0.15) is 13.2 Å². The second kappa shape index (κ2) is 6.27. The van der Waals surface area contributed by atoms with Crippen LogP contribution in [0.3, 0.4) is 0 Å². The number of para-hydroxylation sites is 1. The topological polar surface area (TPSA) is 46.5 Å². The van der Waals surface area contributed by atoms with Gasteiger partial charge in [-0.3, -0.25) is 0 Å². The minimum atomic E-state index is -4.64. The number of aliphatic carboxylic acids is 1. The van der Waals surface area contributed by atoms with E-state index in [2.05, 4.69) is 0 Å². The molecule has 0 bridgehead atoms. The number of carbonyl (C=O) groups is 1. The lowest BCUT2D eigenvalue weighted by molar-refractivity contribution is -0.148. The fourth-order valence-electron chi connectivity index (χ4n) is 1.83. The minimum absolute atomic E-state index is 0.189. The molecule has 2 aromatic carbocycles. The molecule has 22 heavy (non-hydrogen) atoms. The van der Waals surface area contributed by atoms with Crippen LogP contribution in [0.1, 0.15) is 17.2 Å². The molecule has 0 aliphatic rings. The lowest BCUT2D eigenvalue weighted by Gasteiger charge is -2.19. The quantitative estimate of drug-likeness (QED) is 0.893. The third-order valence-corrected chi connectivity index (χ3v) is 3.09. The summed E-state index contributed by atoms with van der Waals surface area (Å²) in [4.78, 5) is 11.3. The Morgan fingerprint density at radius 1 is 1.09 bits per heavy atom. The molecule has 0 spiro atoms. The Balaban J connectivity index is 2.38. The summed E-state index contributed by atoms with van der Waals surface area (Å²) in [5.74, 6) is -1.95. The first-order valence-electron chi connectivity index (χ1n) is 6.10. The van der Waals surface area contributed by atoms with Crippen LogP contribution in [0.2, 0.25) is 5.02 Å². The molecule has 2 rings (SSSR count). The maximum Gasteiger partial charge on any atom is 0.419 e. The molecule has 0 aliphatic carbocycles. The zero-order chi connectivity index (χ0) is 16.3. The van der Waals surface area contributed by atoms with Gasteiger partial charge < -0.3 is 9.84 Å². The van der Waals surface area contributed by atoms with E-state index in [0.29, 0.717) is 5.02 Å². The van der Waals surface area contributed by atoms with E-state index < -0.39 is 29.6 Å². The van der Waals surface area contributed by atoms with Gasteiger partial charge in [0, 0.05) is 10.6 Å². The van der Waals surface area contributed by atoms with Crippen LogP contribution in [0.5, 0.6) is 5.75 Å². The van der Waals surface area contributed by atoms with Gasteiger partial charge in [0.05, 0.1) is 5.56 Å². The number of carboxylic acid groups (broad SMARTS) is 1. The van der Waals surface area contributed by atoms with Crippen LogP contribution in [0.4, 0.5) is 13.2 Å². The van der Waals surface area contributed by atoms with Crippen molar-refractivity contribution in [1.82, 2.24) is 0 Å². The molecule has 116 valence electrons. The first-order chi connectivity index (χ1) is 10.3. The van der Waals surface area contributed by atoms with E-state index in [-0.39, 0.29) is 5.56 Å². The van der Waals surface area contributed by atoms with Crippen molar-refractivity contribution in [2.75, 3.05) is 0 Å². The molecule has 0 saturated carbocycles. The highest BCUT2D eigenvalue weighted by Gasteiger charge is 2.35. The number of hydrogen-bond acceptors (Lipinski definition) is 2. The van der Waals surface area contributed by atoms with E-state index in [1.165, 1.54) is 36.4 Å². The number of ether oxygens (including phenoxy) is 1. The average Bonchev–Trinajstić information content (AvgIpc) is 2.45. The monoisotopic (exact) mass is 330 g/mol. The maximum absolute atomic E-state index is 12.9. The molecule has 0 heterocycles. The van der Waals surface area contributed by atoms with Crippen LogP contribution in [-0.2, 0) is 11.0 Å². The zero-order valence-corrected chi connectivity index (χ0v) is 11.7. The fraction of sp³-hybridized carbons (Fsp3) is 0.133.